The third kappa shape index (κ3) is 1.80. The van der Waals surface area contributed by atoms with Crippen LogP contribution in [0.4, 0.5) is 0 Å². The fourth-order valence-electron chi connectivity index (χ4n) is 0.877. The van der Waals surface area contributed by atoms with Crippen LogP contribution in [0.15, 0.2) is 12.4 Å². The van der Waals surface area contributed by atoms with Crippen molar-refractivity contribution in [3.8, 4) is 0 Å². The minimum Gasteiger partial charge on any atom is -0.391 e. The van der Waals surface area contributed by atoms with Crippen LogP contribution in [0.3, 0.4) is 0 Å². The Balaban J connectivity index is 2.76. The molecule has 1 rings (SSSR count). The van der Waals surface area contributed by atoms with Crippen LogP contribution in [0.2, 0.25) is 0 Å². The Hall–Kier alpha value is -0.830. The van der Waals surface area contributed by atoms with Gasteiger partial charge in [-0.1, -0.05) is 0 Å². The predicted octanol–water partition coefficient (Wildman–Crippen LogP) is 1.13. The van der Waals surface area contributed by atoms with E-state index in [2.05, 4.69) is 5.10 Å². The van der Waals surface area contributed by atoms with Crippen molar-refractivity contribution in [1.29, 1.82) is 0 Å². The second-order valence-electron chi connectivity index (χ2n) is 2.98. The monoisotopic (exact) mass is 154 g/mol. The van der Waals surface area contributed by atoms with Gasteiger partial charge < -0.3 is 5.11 Å². The highest BCUT2D eigenvalue weighted by Gasteiger charge is 2.10. The largest absolute Gasteiger partial charge is 0.391 e. The van der Waals surface area contributed by atoms with Gasteiger partial charge in [0.25, 0.3) is 0 Å². The lowest BCUT2D eigenvalue weighted by Crippen LogP contribution is -2.18. The summed E-state index contributed by atoms with van der Waals surface area (Å²) >= 11 is 0. The zero-order valence-corrected chi connectivity index (χ0v) is 7.15. The first-order valence-corrected chi connectivity index (χ1v) is 3.80. The molecule has 0 bridgehead atoms. The maximum Gasteiger partial charge on any atom is 0.0747 e. The second-order valence-corrected chi connectivity index (χ2v) is 2.98. The van der Waals surface area contributed by atoms with Gasteiger partial charge in [-0.2, -0.15) is 5.10 Å². The molecule has 1 heterocycles. The van der Waals surface area contributed by atoms with Crippen molar-refractivity contribution in [1.82, 2.24) is 9.78 Å². The molecule has 0 aliphatic carbocycles. The molecule has 11 heavy (non-hydrogen) atoms. The highest BCUT2D eigenvalue weighted by Crippen LogP contribution is 2.09. The van der Waals surface area contributed by atoms with E-state index in [1.165, 1.54) is 0 Å². The Morgan fingerprint density at radius 3 is 2.55 bits per heavy atom. The van der Waals surface area contributed by atoms with Gasteiger partial charge in [0.15, 0.2) is 0 Å². The molecule has 1 aromatic heterocycles. The molecule has 0 radical (unpaired) electrons. The lowest BCUT2D eigenvalue weighted by atomic mass is 10.2. The van der Waals surface area contributed by atoms with Gasteiger partial charge in [-0.05, 0) is 26.3 Å². The summed E-state index contributed by atoms with van der Waals surface area (Å²) < 4.78 is 1.78. The summed E-state index contributed by atoms with van der Waals surface area (Å²) in [5, 5.41) is 13.3. The van der Waals surface area contributed by atoms with Gasteiger partial charge in [-0.3, -0.25) is 4.68 Å². The molecule has 3 heteroatoms. The van der Waals surface area contributed by atoms with Gasteiger partial charge in [0.1, 0.15) is 0 Å². The van der Waals surface area contributed by atoms with Gasteiger partial charge in [-0.15, -0.1) is 0 Å². The maximum absolute atomic E-state index is 9.22. The van der Waals surface area contributed by atoms with E-state index in [-0.39, 0.29) is 12.1 Å². The molecule has 0 aromatic carbocycles. The molecule has 0 unspecified atom stereocenters. The van der Waals surface area contributed by atoms with Crippen LogP contribution in [0.5, 0.6) is 0 Å². The summed E-state index contributed by atoms with van der Waals surface area (Å²) in [7, 11) is 0. The maximum atomic E-state index is 9.22. The van der Waals surface area contributed by atoms with Crippen molar-refractivity contribution >= 4 is 0 Å². The molecule has 0 saturated carbocycles. The molecule has 0 fully saturated rings. The fourth-order valence-corrected chi connectivity index (χ4v) is 0.877. The van der Waals surface area contributed by atoms with Gasteiger partial charge >= 0.3 is 0 Å². The molecular weight excluding hydrogens is 140 g/mol. The van der Waals surface area contributed by atoms with E-state index in [1.807, 2.05) is 20.0 Å². The molecule has 0 aliphatic heterocycles. The Labute approximate surface area is 66.7 Å². The molecule has 3 nitrogen and oxygen atoms in total. The quantitative estimate of drug-likeness (QED) is 0.693. The topological polar surface area (TPSA) is 38.0 Å². The SMILES string of the molecule is Cc1cnn([C@@H](C)[C@H](C)O)c1. The van der Waals surface area contributed by atoms with E-state index in [0.29, 0.717) is 0 Å². The van der Waals surface area contributed by atoms with Crippen LogP contribution < -0.4 is 0 Å². The lowest BCUT2D eigenvalue weighted by molar-refractivity contribution is 0.132. The molecule has 2 atom stereocenters. The number of aromatic nitrogens is 2. The van der Waals surface area contributed by atoms with E-state index < -0.39 is 0 Å². The van der Waals surface area contributed by atoms with Crippen molar-refractivity contribution in [2.45, 2.75) is 32.9 Å². The molecular formula is C8H14N2O. The number of hydrogen-bond acceptors (Lipinski definition) is 2. The third-order valence-corrected chi connectivity index (χ3v) is 1.85. The molecule has 0 saturated heterocycles. The molecule has 0 amide bonds. The number of rotatable bonds is 2. The van der Waals surface area contributed by atoms with Crippen molar-refractivity contribution in [2.24, 2.45) is 0 Å². The Morgan fingerprint density at radius 2 is 2.18 bits per heavy atom. The van der Waals surface area contributed by atoms with Crippen molar-refractivity contribution in [3.05, 3.63) is 18.0 Å². The van der Waals surface area contributed by atoms with E-state index in [9.17, 15) is 5.11 Å². The zero-order valence-electron chi connectivity index (χ0n) is 7.15. The van der Waals surface area contributed by atoms with Crippen LogP contribution in [0, 0.1) is 6.92 Å². The Morgan fingerprint density at radius 1 is 1.55 bits per heavy atom. The summed E-state index contributed by atoms with van der Waals surface area (Å²) in [5.41, 5.74) is 1.12. The number of hydrogen-bond donors (Lipinski definition) is 1. The van der Waals surface area contributed by atoms with Crippen LogP contribution in [0.25, 0.3) is 0 Å². The molecule has 1 aromatic rings. The first kappa shape index (κ1) is 8.27. The Bertz CT molecular complexity index is 230. The lowest BCUT2D eigenvalue weighted by Gasteiger charge is -2.14. The van der Waals surface area contributed by atoms with Gasteiger partial charge in [0.2, 0.25) is 0 Å². The second kappa shape index (κ2) is 3.05. The minimum atomic E-state index is -0.353. The van der Waals surface area contributed by atoms with E-state index in [0.717, 1.165) is 5.56 Å². The summed E-state index contributed by atoms with van der Waals surface area (Å²) in [5.74, 6) is 0. The normalized spacial score (nSPS) is 16.4. The number of aliphatic hydroxyl groups is 1. The van der Waals surface area contributed by atoms with E-state index in [4.69, 9.17) is 0 Å². The van der Waals surface area contributed by atoms with Crippen LogP contribution in [0.1, 0.15) is 25.5 Å². The van der Waals surface area contributed by atoms with Gasteiger partial charge in [-0.25, -0.2) is 0 Å². The summed E-state index contributed by atoms with van der Waals surface area (Å²) in [6.45, 7) is 5.69. The predicted molar refractivity (Wildman–Crippen MR) is 43.4 cm³/mol. The van der Waals surface area contributed by atoms with Crippen molar-refractivity contribution in [3.63, 3.8) is 0 Å². The minimum absolute atomic E-state index is 0.0590. The zero-order chi connectivity index (χ0) is 8.43. The first-order chi connectivity index (χ1) is 5.11. The molecule has 1 N–H and O–H groups in total. The summed E-state index contributed by atoms with van der Waals surface area (Å²) in [4.78, 5) is 0. The van der Waals surface area contributed by atoms with E-state index >= 15 is 0 Å². The number of aryl methyl sites for hydroxylation is 1. The molecule has 62 valence electrons. The smallest absolute Gasteiger partial charge is 0.0747 e. The highest BCUT2D eigenvalue weighted by atomic mass is 16.3. The van der Waals surface area contributed by atoms with Crippen LogP contribution in [-0.4, -0.2) is 21.0 Å². The molecule has 0 spiro atoms. The summed E-state index contributed by atoms with van der Waals surface area (Å²) in [6, 6.07) is 0.0590. The number of nitrogens with zero attached hydrogens (tertiary/aromatic N) is 2. The average Bonchev–Trinajstić information content (AvgIpc) is 2.34. The third-order valence-electron chi connectivity index (χ3n) is 1.85. The molecule has 0 aliphatic rings. The van der Waals surface area contributed by atoms with E-state index in [1.54, 1.807) is 17.8 Å². The van der Waals surface area contributed by atoms with Gasteiger partial charge in [0.05, 0.1) is 18.3 Å². The first-order valence-electron chi connectivity index (χ1n) is 3.80. The average molecular weight is 154 g/mol. The van der Waals surface area contributed by atoms with Crippen LogP contribution >= 0.6 is 0 Å². The summed E-state index contributed by atoms with van der Waals surface area (Å²) in [6.07, 6.45) is 3.37. The standard InChI is InChI=1S/C8H14N2O/c1-6-4-9-10(5-6)7(2)8(3)11/h4-5,7-8,11H,1-3H3/t7-,8-/m0/s1. The Kier molecular flexibility index (Phi) is 2.29. The van der Waals surface area contributed by atoms with Crippen molar-refractivity contribution in [2.75, 3.05) is 0 Å². The van der Waals surface area contributed by atoms with Crippen LogP contribution in [-0.2, 0) is 0 Å². The number of aliphatic hydroxyl groups excluding tert-OH is 1. The van der Waals surface area contributed by atoms with Crippen molar-refractivity contribution < 1.29 is 5.11 Å². The van der Waals surface area contributed by atoms with Gasteiger partial charge in [0, 0.05) is 6.20 Å². The highest BCUT2D eigenvalue weighted by molar-refractivity contribution is 5.00. The fraction of sp³-hybridized carbons (Fsp3) is 0.625.